The van der Waals surface area contributed by atoms with Crippen LogP contribution in [0.25, 0.3) is 11.3 Å². The second kappa shape index (κ2) is 5.73. The summed E-state index contributed by atoms with van der Waals surface area (Å²) >= 11 is 0. The highest BCUT2D eigenvalue weighted by molar-refractivity contribution is 5.97. The zero-order chi connectivity index (χ0) is 14.7. The van der Waals surface area contributed by atoms with E-state index in [0.717, 1.165) is 0 Å². The van der Waals surface area contributed by atoms with E-state index < -0.39 is 11.8 Å². The molecule has 0 saturated heterocycles. The Labute approximate surface area is 115 Å². The van der Waals surface area contributed by atoms with E-state index >= 15 is 0 Å². The normalized spacial score (nSPS) is 10.4. The van der Waals surface area contributed by atoms with E-state index in [1.54, 1.807) is 19.9 Å². The first-order valence-electron chi connectivity index (χ1n) is 6.05. The summed E-state index contributed by atoms with van der Waals surface area (Å²) in [7, 11) is 1.43. The van der Waals surface area contributed by atoms with Crippen LogP contribution in [-0.4, -0.2) is 24.8 Å². The van der Waals surface area contributed by atoms with Gasteiger partial charge in [0.25, 0.3) is 0 Å². The number of halogens is 1. The van der Waals surface area contributed by atoms with Gasteiger partial charge in [-0.25, -0.2) is 9.18 Å². The van der Waals surface area contributed by atoms with E-state index in [9.17, 15) is 9.18 Å². The monoisotopic (exact) mass is 279 g/mol. The highest BCUT2D eigenvalue weighted by Gasteiger charge is 2.23. The van der Waals surface area contributed by atoms with Crippen LogP contribution in [0.15, 0.2) is 22.7 Å². The van der Waals surface area contributed by atoms with Crippen molar-refractivity contribution < 1.29 is 23.2 Å². The minimum Gasteiger partial charge on any atom is -0.497 e. The van der Waals surface area contributed by atoms with Crippen LogP contribution in [0.1, 0.15) is 23.0 Å². The standard InChI is InChI=1S/C14H14FNO4/c1-4-19-14(17)12-8(2)20-16-13(12)9-5-10(15)7-11(6-9)18-3/h5-7H,4H2,1-3H3. The summed E-state index contributed by atoms with van der Waals surface area (Å²) in [6.45, 7) is 3.53. The number of rotatable bonds is 4. The lowest BCUT2D eigenvalue weighted by Gasteiger charge is -2.05. The van der Waals surface area contributed by atoms with Gasteiger partial charge in [0.05, 0.1) is 13.7 Å². The lowest BCUT2D eigenvalue weighted by Crippen LogP contribution is -2.06. The van der Waals surface area contributed by atoms with E-state index in [-0.39, 0.29) is 17.9 Å². The predicted octanol–water partition coefficient (Wildman–Crippen LogP) is 2.97. The molecule has 0 saturated carbocycles. The van der Waals surface area contributed by atoms with Gasteiger partial charge in [-0.15, -0.1) is 0 Å². The number of aryl methyl sites for hydroxylation is 1. The third-order valence-electron chi connectivity index (χ3n) is 2.72. The van der Waals surface area contributed by atoms with Crippen molar-refractivity contribution in [2.75, 3.05) is 13.7 Å². The van der Waals surface area contributed by atoms with Gasteiger partial charge < -0.3 is 14.0 Å². The molecule has 0 unspecified atom stereocenters. The predicted molar refractivity (Wildman–Crippen MR) is 69.1 cm³/mol. The fourth-order valence-electron chi connectivity index (χ4n) is 1.83. The Morgan fingerprint density at radius 2 is 2.15 bits per heavy atom. The van der Waals surface area contributed by atoms with E-state index in [1.165, 1.54) is 19.2 Å². The molecule has 0 amide bonds. The van der Waals surface area contributed by atoms with Crippen molar-refractivity contribution in [3.63, 3.8) is 0 Å². The Bertz CT molecular complexity index is 636. The molecule has 1 heterocycles. The first kappa shape index (κ1) is 14.0. The van der Waals surface area contributed by atoms with Crippen molar-refractivity contribution in [3.05, 3.63) is 35.3 Å². The van der Waals surface area contributed by atoms with Crippen LogP contribution in [0, 0.1) is 12.7 Å². The molecule has 1 aromatic heterocycles. The van der Waals surface area contributed by atoms with Crippen LogP contribution in [0.4, 0.5) is 4.39 Å². The maximum Gasteiger partial charge on any atom is 0.344 e. The summed E-state index contributed by atoms with van der Waals surface area (Å²) in [5.74, 6) is -0.392. The fourth-order valence-corrected chi connectivity index (χ4v) is 1.83. The molecule has 0 spiro atoms. The molecule has 5 nitrogen and oxygen atoms in total. The van der Waals surface area contributed by atoms with E-state index in [4.69, 9.17) is 14.0 Å². The average molecular weight is 279 g/mol. The number of hydrogen-bond donors (Lipinski definition) is 0. The number of carbonyl (C=O) groups excluding carboxylic acids is 1. The quantitative estimate of drug-likeness (QED) is 0.805. The second-order valence-electron chi connectivity index (χ2n) is 4.06. The Kier molecular flexibility index (Phi) is 4.02. The number of carbonyl (C=O) groups is 1. The average Bonchev–Trinajstić information content (AvgIpc) is 2.80. The molecule has 0 fully saturated rings. The Morgan fingerprint density at radius 3 is 2.80 bits per heavy atom. The lowest BCUT2D eigenvalue weighted by atomic mass is 10.1. The van der Waals surface area contributed by atoms with Gasteiger partial charge in [-0.1, -0.05) is 5.16 Å². The SMILES string of the molecule is CCOC(=O)c1c(-c2cc(F)cc(OC)c2)noc1C. The molecule has 0 aliphatic carbocycles. The number of hydrogen-bond acceptors (Lipinski definition) is 5. The third kappa shape index (κ3) is 2.64. The van der Waals surface area contributed by atoms with Crippen molar-refractivity contribution in [2.24, 2.45) is 0 Å². The zero-order valence-electron chi connectivity index (χ0n) is 11.4. The number of ether oxygens (including phenoxy) is 2. The van der Waals surface area contributed by atoms with Crippen LogP contribution in [-0.2, 0) is 4.74 Å². The van der Waals surface area contributed by atoms with Crippen molar-refractivity contribution >= 4 is 5.97 Å². The molecule has 0 atom stereocenters. The number of aromatic nitrogens is 1. The summed E-state index contributed by atoms with van der Waals surface area (Å²) in [6, 6.07) is 4.06. The minimum atomic E-state index is -0.551. The van der Waals surface area contributed by atoms with Crippen molar-refractivity contribution in [3.8, 4) is 17.0 Å². The molecule has 20 heavy (non-hydrogen) atoms. The van der Waals surface area contributed by atoms with Gasteiger partial charge >= 0.3 is 5.97 Å². The number of benzene rings is 1. The smallest absolute Gasteiger partial charge is 0.344 e. The van der Waals surface area contributed by atoms with Crippen LogP contribution in [0.3, 0.4) is 0 Å². The summed E-state index contributed by atoms with van der Waals surface area (Å²) in [6.07, 6.45) is 0. The van der Waals surface area contributed by atoms with E-state index in [2.05, 4.69) is 5.16 Å². The summed E-state index contributed by atoms with van der Waals surface area (Å²) < 4.78 is 28.5. The van der Waals surface area contributed by atoms with Crippen molar-refractivity contribution in [2.45, 2.75) is 13.8 Å². The first-order chi connectivity index (χ1) is 9.56. The van der Waals surface area contributed by atoms with Gasteiger partial charge in [0.15, 0.2) is 0 Å². The number of nitrogens with zero attached hydrogens (tertiary/aromatic N) is 1. The van der Waals surface area contributed by atoms with Gasteiger partial charge in [-0.2, -0.15) is 0 Å². The maximum atomic E-state index is 13.5. The van der Waals surface area contributed by atoms with Crippen LogP contribution in [0.2, 0.25) is 0 Å². The molecular weight excluding hydrogens is 265 g/mol. The van der Waals surface area contributed by atoms with Crippen LogP contribution < -0.4 is 4.74 Å². The van der Waals surface area contributed by atoms with E-state index in [1.807, 2.05) is 0 Å². The van der Waals surface area contributed by atoms with Gasteiger partial charge in [-0.3, -0.25) is 0 Å². The van der Waals surface area contributed by atoms with Crippen molar-refractivity contribution in [1.29, 1.82) is 0 Å². The Hall–Kier alpha value is -2.37. The molecule has 6 heteroatoms. The van der Waals surface area contributed by atoms with Crippen LogP contribution >= 0.6 is 0 Å². The Balaban J connectivity index is 2.53. The molecule has 0 aliphatic heterocycles. The molecule has 0 N–H and O–H groups in total. The highest BCUT2D eigenvalue weighted by Crippen LogP contribution is 2.29. The maximum absolute atomic E-state index is 13.5. The second-order valence-corrected chi connectivity index (χ2v) is 4.06. The Morgan fingerprint density at radius 1 is 1.40 bits per heavy atom. The molecule has 0 bridgehead atoms. The van der Waals surface area contributed by atoms with Crippen molar-refractivity contribution in [1.82, 2.24) is 5.16 Å². The zero-order valence-corrected chi connectivity index (χ0v) is 11.4. The molecule has 1 aromatic carbocycles. The fraction of sp³-hybridized carbons (Fsp3) is 0.286. The summed E-state index contributed by atoms with van der Waals surface area (Å²) in [4.78, 5) is 11.9. The third-order valence-corrected chi connectivity index (χ3v) is 2.72. The topological polar surface area (TPSA) is 61.6 Å². The minimum absolute atomic E-state index is 0.194. The molecular formula is C14H14FNO4. The van der Waals surface area contributed by atoms with Gasteiger partial charge in [0.2, 0.25) is 0 Å². The first-order valence-corrected chi connectivity index (χ1v) is 6.05. The summed E-state index contributed by atoms with van der Waals surface area (Å²) in [5.41, 5.74) is 0.819. The number of esters is 1. The largest absolute Gasteiger partial charge is 0.497 e. The number of methoxy groups -OCH3 is 1. The molecule has 2 rings (SSSR count). The highest BCUT2D eigenvalue weighted by atomic mass is 19.1. The molecule has 106 valence electrons. The van der Waals surface area contributed by atoms with E-state index in [0.29, 0.717) is 17.1 Å². The summed E-state index contributed by atoms with van der Waals surface area (Å²) in [5, 5.41) is 3.81. The van der Waals surface area contributed by atoms with Gasteiger partial charge in [0, 0.05) is 11.6 Å². The molecule has 0 radical (unpaired) electrons. The molecule has 0 aliphatic rings. The van der Waals surface area contributed by atoms with Gasteiger partial charge in [0.1, 0.15) is 28.6 Å². The van der Waals surface area contributed by atoms with Gasteiger partial charge in [-0.05, 0) is 26.0 Å². The molecule has 2 aromatic rings. The lowest BCUT2D eigenvalue weighted by molar-refractivity contribution is 0.0525. The van der Waals surface area contributed by atoms with Crippen LogP contribution in [0.5, 0.6) is 5.75 Å².